The van der Waals surface area contributed by atoms with Gasteiger partial charge in [0.1, 0.15) is 12.1 Å². The molecule has 1 aromatic carbocycles. The third-order valence-corrected chi connectivity index (χ3v) is 6.19. The Morgan fingerprint density at radius 3 is 2.73 bits per heavy atom. The molecule has 0 unspecified atom stereocenters. The highest BCUT2D eigenvalue weighted by molar-refractivity contribution is 6.48. The number of ether oxygens (including phenoxy) is 2. The average Bonchev–Trinajstić information content (AvgIpc) is 3.06. The first-order valence-electron chi connectivity index (χ1n) is 8.33. The predicted octanol–water partition coefficient (Wildman–Crippen LogP) is 2.94. The molecule has 0 spiro atoms. The van der Waals surface area contributed by atoms with E-state index in [9.17, 15) is 9.59 Å². The molecule has 140 valence electrons. The number of hydrogen-bond acceptors (Lipinski definition) is 4. The van der Waals surface area contributed by atoms with E-state index >= 15 is 0 Å². The zero-order valence-electron chi connectivity index (χ0n) is 14.1. The van der Waals surface area contributed by atoms with Crippen molar-refractivity contribution < 1.29 is 19.1 Å². The SMILES string of the molecule is CC1(C)O[C@H]2[C@@H](C(=O)N3CCCc4c3cc(Cl)c(Cl)c4Cl)NC(=O)[C@H]2O1. The number of hydrogen-bond donors (Lipinski definition) is 1. The summed E-state index contributed by atoms with van der Waals surface area (Å²) in [5.41, 5.74) is 1.40. The van der Waals surface area contributed by atoms with Gasteiger partial charge in [0.25, 0.3) is 11.8 Å². The Hall–Kier alpha value is -1.05. The lowest BCUT2D eigenvalue weighted by Gasteiger charge is -2.33. The van der Waals surface area contributed by atoms with Gasteiger partial charge in [0.05, 0.1) is 15.1 Å². The molecule has 0 bridgehead atoms. The van der Waals surface area contributed by atoms with Crippen LogP contribution in [-0.4, -0.2) is 42.4 Å². The van der Waals surface area contributed by atoms with E-state index in [1.807, 2.05) is 0 Å². The molecule has 3 aliphatic heterocycles. The lowest BCUT2D eigenvalue weighted by atomic mass is 9.99. The normalized spacial score (nSPS) is 29.3. The van der Waals surface area contributed by atoms with E-state index in [0.29, 0.717) is 23.7 Å². The van der Waals surface area contributed by atoms with Crippen molar-refractivity contribution >= 4 is 52.3 Å². The number of fused-ring (bicyclic) bond motifs is 2. The minimum absolute atomic E-state index is 0.275. The van der Waals surface area contributed by atoms with Crippen molar-refractivity contribution in [1.29, 1.82) is 0 Å². The second kappa shape index (κ2) is 6.24. The molecule has 26 heavy (non-hydrogen) atoms. The minimum atomic E-state index is -0.911. The number of rotatable bonds is 1. The number of carbonyl (C=O) groups excluding carboxylic acids is 2. The lowest BCUT2D eigenvalue weighted by Crippen LogP contribution is -2.51. The molecule has 4 rings (SSSR count). The van der Waals surface area contributed by atoms with E-state index in [2.05, 4.69) is 5.32 Å². The van der Waals surface area contributed by atoms with Crippen LogP contribution in [0.25, 0.3) is 0 Å². The highest BCUT2D eigenvalue weighted by Gasteiger charge is 2.57. The fraction of sp³-hybridized carbons (Fsp3) is 0.529. The first-order valence-corrected chi connectivity index (χ1v) is 9.47. The summed E-state index contributed by atoms with van der Waals surface area (Å²) in [6.45, 7) is 3.93. The van der Waals surface area contributed by atoms with E-state index < -0.39 is 24.0 Å². The number of halogens is 3. The van der Waals surface area contributed by atoms with Crippen molar-refractivity contribution in [3.63, 3.8) is 0 Å². The average molecular weight is 420 g/mol. The third-order valence-electron chi connectivity index (χ3n) is 4.89. The number of nitrogens with one attached hydrogen (secondary N) is 1. The number of carbonyl (C=O) groups is 2. The molecule has 1 N–H and O–H groups in total. The summed E-state index contributed by atoms with van der Waals surface area (Å²) in [7, 11) is 0. The molecule has 0 aromatic heterocycles. The van der Waals surface area contributed by atoms with Crippen LogP contribution in [0.5, 0.6) is 0 Å². The number of anilines is 1. The van der Waals surface area contributed by atoms with Crippen LogP contribution in [0.2, 0.25) is 15.1 Å². The molecule has 0 radical (unpaired) electrons. The fourth-order valence-corrected chi connectivity index (χ4v) is 4.49. The van der Waals surface area contributed by atoms with Gasteiger partial charge in [-0.1, -0.05) is 34.8 Å². The van der Waals surface area contributed by atoms with Gasteiger partial charge in [0.15, 0.2) is 11.9 Å². The summed E-state index contributed by atoms with van der Waals surface area (Å²) < 4.78 is 11.4. The summed E-state index contributed by atoms with van der Waals surface area (Å²) in [6.07, 6.45) is -0.0345. The van der Waals surface area contributed by atoms with Crippen LogP contribution in [0.15, 0.2) is 6.07 Å². The Kier molecular flexibility index (Phi) is 4.40. The molecule has 2 fully saturated rings. The Morgan fingerprint density at radius 1 is 1.27 bits per heavy atom. The summed E-state index contributed by atoms with van der Waals surface area (Å²) in [4.78, 5) is 27.0. The van der Waals surface area contributed by atoms with Gasteiger partial charge in [0.2, 0.25) is 0 Å². The zero-order chi connectivity index (χ0) is 18.8. The molecule has 6 nitrogen and oxygen atoms in total. The Labute approximate surface area is 165 Å². The van der Waals surface area contributed by atoms with Crippen LogP contribution in [0.1, 0.15) is 25.8 Å². The Bertz CT molecular complexity index is 814. The van der Waals surface area contributed by atoms with Crippen molar-refractivity contribution in [2.24, 2.45) is 0 Å². The summed E-state index contributed by atoms with van der Waals surface area (Å²) in [6, 6.07) is 0.820. The summed E-state index contributed by atoms with van der Waals surface area (Å²) in [5.74, 6) is -1.53. The van der Waals surface area contributed by atoms with E-state index in [-0.39, 0.29) is 21.9 Å². The van der Waals surface area contributed by atoms with Crippen molar-refractivity contribution in [2.45, 2.75) is 50.7 Å². The van der Waals surface area contributed by atoms with E-state index in [4.69, 9.17) is 44.3 Å². The largest absolute Gasteiger partial charge is 0.341 e. The van der Waals surface area contributed by atoms with Crippen LogP contribution in [0, 0.1) is 0 Å². The maximum atomic E-state index is 13.2. The highest BCUT2D eigenvalue weighted by Crippen LogP contribution is 2.42. The van der Waals surface area contributed by atoms with Crippen molar-refractivity contribution in [3.8, 4) is 0 Å². The van der Waals surface area contributed by atoms with Crippen LogP contribution >= 0.6 is 34.8 Å². The van der Waals surface area contributed by atoms with Gasteiger partial charge in [-0.3, -0.25) is 9.59 Å². The second-order valence-electron chi connectivity index (χ2n) is 7.08. The number of nitrogens with zero attached hydrogens (tertiary/aromatic N) is 1. The number of benzene rings is 1. The lowest BCUT2D eigenvalue weighted by molar-refractivity contribution is -0.164. The van der Waals surface area contributed by atoms with Crippen LogP contribution in [0.4, 0.5) is 5.69 Å². The van der Waals surface area contributed by atoms with Gasteiger partial charge in [-0.2, -0.15) is 0 Å². The quantitative estimate of drug-likeness (QED) is 0.711. The van der Waals surface area contributed by atoms with Gasteiger partial charge in [0, 0.05) is 12.2 Å². The zero-order valence-corrected chi connectivity index (χ0v) is 16.4. The molecule has 1 aromatic rings. The molecular formula is C17H17Cl3N2O4. The van der Waals surface area contributed by atoms with Gasteiger partial charge in [-0.15, -0.1) is 0 Å². The van der Waals surface area contributed by atoms with Crippen molar-refractivity contribution in [1.82, 2.24) is 5.32 Å². The van der Waals surface area contributed by atoms with Crippen molar-refractivity contribution in [2.75, 3.05) is 11.4 Å². The first-order chi connectivity index (χ1) is 12.2. The molecule has 9 heteroatoms. The third kappa shape index (κ3) is 2.79. The maximum absolute atomic E-state index is 13.2. The predicted molar refractivity (Wildman–Crippen MR) is 97.9 cm³/mol. The summed E-state index contributed by atoms with van der Waals surface area (Å²) >= 11 is 18.6. The number of amides is 2. The molecule has 3 heterocycles. The highest BCUT2D eigenvalue weighted by atomic mass is 35.5. The maximum Gasteiger partial charge on any atom is 0.252 e. The van der Waals surface area contributed by atoms with E-state index in [1.54, 1.807) is 24.8 Å². The van der Waals surface area contributed by atoms with Crippen LogP contribution in [0.3, 0.4) is 0 Å². The standard InChI is InChI=1S/C17H17Cl3N2O4/c1-17(2)25-13-12(21-15(23)14(13)26-17)16(24)22-5-3-4-7-9(22)6-8(18)11(20)10(7)19/h6,12-14H,3-5H2,1-2H3,(H,21,23)/t12-,13-,14-/m0/s1. The van der Waals surface area contributed by atoms with Crippen LogP contribution in [-0.2, 0) is 25.5 Å². The molecule has 2 amide bonds. The molecule has 2 saturated heterocycles. The Balaban J connectivity index is 1.68. The second-order valence-corrected chi connectivity index (χ2v) is 8.25. The fourth-order valence-electron chi connectivity index (χ4n) is 3.79. The minimum Gasteiger partial charge on any atom is -0.341 e. The first kappa shape index (κ1) is 18.3. The van der Waals surface area contributed by atoms with Gasteiger partial charge < -0.3 is 19.7 Å². The van der Waals surface area contributed by atoms with Gasteiger partial charge in [-0.25, -0.2) is 0 Å². The summed E-state index contributed by atoms with van der Waals surface area (Å²) in [5, 5.41) is 3.62. The van der Waals surface area contributed by atoms with Crippen LogP contribution < -0.4 is 10.2 Å². The van der Waals surface area contributed by atoms with Crippen molar-refractivity contribution in [3.05, 3.63) is 26.7 Å². The molecule has 3 aliphatic rings. The van der Waals surface area contributed by atoms with Gasteiger partial charge in [-0.05, 0) is 38.3 Å². The molecule has 0 aliphatic carbocycles. The molecule has 0 saturated carbocycles. The monoisotopic (exact) mass is 418 g/mol. The topological polar surface area (TPSA) is 67.9 Å². The van der Waals surface area contributed by atoms with E-state index in [1.165, 1.54) is 0 Å². The molecule has 3 atom stereocenters. The van der Waals surface area contributed by atoms with Gasteiger partial charge >= 0.3 is 0 Å². The smallest absolute Gasteiger partial charge is 0.252 e. The van der Waals surface area contributed by atoms with E-state index in [0.717, 1.165) is 12.0 Å². The Morgan fingerprint density at radius 2 is 2.00 bits per heavy atom. The molecular weight excluding hydrogens is 403 g/mol.